The molecule has 6 nitrogen and oxygen atoms in total. The first-order valence-corrected chi connectivity index (χ1v) is 16.1. The van der Waals surface area contributed by atoms with Gasteiger partial charge in [0.05, 0.1) is 20.9 Å². The second-order valence-corrected chi connectivity index (χ2v) is 13.9. The minimum Gasteiger partial charge on any atom is -0.313 e. The normalized spacial score (nSPS) is 13.9. The number of carbonyl (C=O) groups excluding carboxylic acids is 1. The summed E-state index contributed by atoms with van der Waals surface area (Å²) in [6.45, 7) is 4.19. The molecule has 2 aromatic heterocycles. The van der Waals surface area contributed by atoms with Crippen molar-refractivity contribution in [1.82, 2.24) is 9.88 Å². The van der Waals surface area contributed by atoms with Gasteiger partial charge in [-0.05, 0) is 47.9 Å². The van der Waals surface area contributed by atoms with Crippen LogP contribution < -0.4 is 5.32 Å². The predicted molar refractivity (Wildman–Crippen MR) is 159 cm³/mol. The third-order valence-corrected chi connectivity index (χ3v) is 10.9. The maximum atomic E-state index is 13.4. The maximum absolute atomic E-state index is 13.4. The van der Waals surface area contributed by atoms with Crippen LogP contribution in [0, 0.1) is 0 Å². The lowest BCUT2D eigenvalue weighted by Gasteiger charge is -2.27. The molecule has 5 aromatic rings. The lowest BCUT2D eigenvalue weighted by Crippen LogP contribution is -2.29. The summed E-state index contributed by atoms with van der Waals surface area (Å²) < 4.78 is 25.9. The first kappa shape index (κ1) is 25.9. The Hall–Kier alpha value is -3.37. The number of hydrogen-bond donors (Lipinski definition) is 1. The van der Waals surface area contributed by atoms with Gasteiger partial charge in [0, 0.05) is 35.6 Å². The number of amides is 1. The van der Waals surface area contributed by atoms with E-state index < -0.39 is 9.84 Å². The number of thiazole rings is 1. The zero-order chi connectivity index (χ0) is 27.0. The molecule has 3 heterocycles. The van der Waals surface area contributed by atoms with Gasteiger partial charge in [-0.25, -0.2) is 13.4 Å². The second-order valence-electron chi connectivity index (χ2n) is 9.53. The lowest BCUT2D eigenvalue weighted by molar-refractivity contribution is 0.102. The number of hydrogen-bond acceptors (Lipinski definition) is 7. The molecule has 1 N–H and O–H groups in total. The van der Waals surface area contributed by atoms with Gasteiger partial charge in [-0.3, -0.25) is 9.69 Å². The average Bonchev–Trinajstić information content (AvgIpc) is 3.54. The van der Waals surface area contributed by atoms with Crippen LogP contribution in [-0.2, 0) is 29.3 Å². The van der Waals surface area contributed by atoms with Crippen LogP contribution in [0.2, 0.25) is 0 Å². The number of thiophene rings is 1. The number of carbonyl (C=O) groups is 1. The van der Waals surface area contributed by atoms with E-state index in [1.54, 1.807) is 41.7 Å². The number of anilines is 1. The summed E-state index contributed by atoms with van der Waals surface area (Å²) in [4.78, 5) is 22.2. The SMILES string of the molecule is CCS(=O)(=O)c1cccc(C(=O)Nc2sc3c(c2-c2nc4ccccc4s2)CCN(Cc2ccccc2)C3)c1. The molecule has 3 aromatic carbocycles. The number of nitrogens with zero attached hydrogens (tertiary/aromatic N) is 2. The van der Waals surface area contributed by atoms with E-state index in [1.165, 1.54) is 28.1 Å². The number of para-hydroxylation sites is 1. The Morgan fingerprint density at radius 3 is 2.59 bits per heavy atom. The number of rotatable bonds is 7. The molecule has 0 radical (unpaired) electrons. The summed E-state index contributed by atoms with van der Waals surface area (Å²) in [6.07, 6.45) is 0.865. The molecule has 0 saturated heterocycles. The highest BCUT2D eigenvalue weighted by Crippen LogP contribution is 2.46. The Morgan fingerprint density at radius 2 is 1.79 bits per heavy atom. The Kier molecular flexibility index (Phi) is 7.07. The van der Waals surface area contributed by atoms with Crippen LogP contribution in [0.15, 0.2) is 83.8 Å². The van der Waals surface area contributed by atoms with E-state index in [2.05, 4.69) is 40.5 Å². The van der Waals surface area contributed by atoms with Crippen molar-refractivity contribution in [3.8, 4) is 10.6 Å². The smallest absolute Gasteiger partial charge is 0.256 e. The molecule has 0 bridgehead atoms. The topological polar surface area (TPSA) is 79.4 Å². The molecule has 198 valence electrons. The van der Waals surface area contributed by atoms with Gasteiger partial charge in [0.25, 0.3) is 5.91 Å². The van der Waals surface area contributed by atoms with E-state index in [-0.39, 0.29) is 16.6 Å². The first-order valence-electron chi connectivity index (χ1n) is 12.8. The van der Waals surface area contributed by atoms with Gasteiger partial charge >= 0.3 is 0 Å². The third-order valence-electron chi connectivity index (χ3n) is 6.96. The highest BCUT2D eigenvalue weighted by atomic mass is 32.2. The molecular weight excluding hydrogens is 547 g/mol. The summed E-state index contributed by atoms with van der Waals surface area (Å²) in [6, 6.07) is 24.8. The van der Waals surface area contributed by atoms with Crippen molar-refractivity contribution in [1.29, 1.82) is 0 Å². The van der Waals surface area contributed by atoms with Crippen LogP contribution in [0.3, 0.4) is 0 Å². The van der Waals surface area contributed by atoms with Crippen molar-refractivity contribution in [2.75, 3.05) is 17.6 Å². The van der Waals surface area contributed by atoms with Gasteiger partial charge in [0.15, 0.2) is 9.84 Å². The number of aromatic nitrogens is 1. The number of fused-ring (bicyclic) bond motifs is 2. The quantitative estimate of drug-likeness (QED) is 0.236. The van der Waals surface area contributed by atoms with Gasteiger partial charge in [0.2, 0.25) is 0 Å². The Labute approximate surface area is 235 Å². The van der Waals surface area contributed by atoms with Crippen molar-refractivity contribution < 1.29 is 13.2 Å². The summed E-state index contributed by atoms with van der Waals surface area (Å²) in [5, 5.41) is 4.77. The minimum absolute atomic E-state index is 0.0169. The molecule has 1 aliphatic heterocycles. The molecule has 6 rings (SSSR count). The largest absolute Gasteiger partial charge is 0.313 e. The van der Waals surface area contributed by atoms with Gasteiger partial charge in [0.1, 0.15) is 10.0 Å². The monoisotopic (exact) mass is 573 g/mol. The van der Waals surface area contributed by atoms with E-state index in [0.29, 0.717) is 5.56 Å². The lowest BCUT2D eigenvalue weighted by atomic mass is 10.0. The minimum atomic E-state index is -3.42. The molecule has 9 heteroatoms. The summed E-state index contributed by atoms with van der Waals surface area (Å²) >= 11 is 3.22. The van der Waals surface area contributed by atoms with Crippen LogP contribution in [0.1, 0.15) is 33.3 Å². The summed E-state index contributed by atoms with van der Waals surface area (Å²) in [5.74, 6) is -0.345. The highest BCUT2D eigenvalue weighted by Gasteiger charge is 2.28. The van der Waals surface area contributed by atoms with Gasteiger partial charge in [-0.15, -0.1) is 22.7 Å². The molecule has 0 aliphatic carbocycles. The van der Waals surface area contributed by atoms with Crippen LogP contribution in [0.25, 0.3) is 20.8 Å². The highest BCUT2D eigenvalue weighted by molar-refractivity contribution is 7.91. The zero-order valence-corrected chi connectivity index (χ0v) is 23.8. The molecule has 0 unspecified atom stereocenters. The fourth-order valence-electron chi connectivity index (χ4n) is 4.90. The average molecular weight is 574 g/mol. The molecule has 1 amide bonds. The van der Waals surface area contributed by atoms with Crippen LogP contribution in [0.5, 0.6) is 0 Å². The number of sulfone groups is 1. The van der Waals surface area contributed by atoms with E-state index in [1.807, 2.05) is 24.3 Å². The van der Waals surface area contributed by atoms with Crippen LogP contribution in [-0.4, -0.2) is 36.5 Å². The van der Waals surface area contributed by atoms with E-state index in [9.17, 15) is 13.2 Å². The fraction of sp³-hybridized carbons (Fsp3) is 0.200. The molecule has 39 heavy (non-hydrogen) atoms. The van der Waals surface area contributed by atoms with Gasteiger partial charge in [-0.1, -0.05) is 55.5 Å². The first-order chi connectivity index (χ1) is 18.9. The molecule has 0 spiro atoms. The van der Waals surface area contributed by atoms with E-state index in [0.717, 1.165) is 51.8 Å². The van der Waals surface area contributed by atoms with Gasteiger partial charge < -0.3 is 5.32 Å². The Balaban J connectivity index is 1.36. The Morgan fingerprint density at radius 1 is 1.00 bits per heavy atom. The third kappa shape index (κ3) is 5.27. The maximum Gasteiger partial charge on any atom is 0.256 e. The van der Waals surface area contributed by atoms with Crippen LogP contribution >= 0.6 is 22.7 Å². The summed E-state index contributed by atoms with van der Waals surface area (Å²) in [7, 11) is -3.42. The number of benzene rings is 3. The zero-order valence-electron chi connectivity index (χ0n) is 21.4. The van der Waals surface area contributed by atoms with Crippen molar-refractivity contribution in [2.45, 2.75) is 31.3 Å². The van der Waals surface area contributed by atoms with Crippen molar-refractivity contribution in [3.63, 3.8) is 0 Å². The van der Waals surface area contributed by atoms with Gasteiger partial charge in [-0.2, -0.15) is 0 Å². The van der Waals surface area contributed by atoms with Crippen molar-refractivity contribution in [2.24, 2.45) is 0 Å². The fourth-order valence-corrected chi connectivity index (χ4v) is 8.22. The van der Waals surface area contributed by atoms with Crippen molar-refractivity contribution in [3.05, 3.63) is 100 Å². The number of nitrogens with one attached hydrogen (secondary N) is 1. The summed E-state index contributed by atoms with van der Waals surface area (Å²) in [5.41, 5.74) is 4.76. The van der Waals surface area contributed by atoms with Crippen molar-refractivity contribution >= 4 is 53.6 Å². The van der Waals surface area contributed by atoms with E-state index >= 15 is 0 Å². The Bertz CT molecular complexity index is 1740. The molecule has 0 saturated carbocycles. The molecule has 1 aliphatic rings. The van der Waals surface area contributed by atoms with E-state index in [4.69, 9.17) is 4.98 Å². The molecule has 0 atom stereocenters. The van der Waals surface area contributed by atoms with Crippen LogP contribution in [0.4, 0.5) is 5.00 Å². The molecule has 0 fully saturated rings. The predicted octanol–water partition coefficient (Wildman–Crippen LogP) is 6.63. The molecular formula is C30H27N3O3S3. The standard InChI is InChI=1S/C30H27N3O3S3/c1-2-39(35,36)22-12-8-11-21(17-22)28(34)32-30-27(29-31-24-13-6-7-14-25(24)37-29)23-15-16-33(19-26(23)38-30)18-20-9-4-3-5-10-20/h3-14,17H,2,15-16,18-19H2,1H3,(H,32,34). The second kappa shape index (κ2) is 10.7.